The van der Waals surface area contributed by atoms with Crippen molar-refractivity contribution in [2.45, 2.75) is 13.0 Å². The molecule has 0 bridgehead atoms. The van der Waals surface area contributed by atoms with E-state index in [-0.39, 0.29) is 5.91 Å². The number of halogens is 1. The highest BCUT2D eigenvalue weighted by Crippen LogP contribution is 2.37. The molecule has 5 nitrogen and oxygen atoms in total. The molecule has 1 N–H and O–H groups in total. The minimum atomic E-state index is -0.268. The first-order chi connectivity index (χ1) is 14.2. The van der Waals surface area contributed by atoms with Crippen LogP contribution in [0.3, 0.4) is 0 Å². The zero-order valence-corrected chi connectivity index (χ0v) is 16.4. The summed E-state index contributed by atoms with van der Waals surface area (Å²) in [4.78, 5) is 12.6. The monoisotopic (exact) mass is 409 g/mol. The van der Waals surface area contributed by atoms with Gasteiger partial charge in [0.1, 0.15) is 12.4 Å². The Morgan fingerprint density at radius 2 is 1.66 bits per heavy atom. The Kier molecular flexibility index (Phi) is 5.86. The van der Waals surface area contributed by atoms with Gasteiger partial charge in [-0.1, -0.05) is 41.9 Å². The topological polar surface area (TPSA) is 56.8 Å². The van der Waals surface area contributed by atoms with Gasteiger partial charge < -0.3 is 19.5 Å². The van der Waals surface area contributed by atoms with Crippen molar-refractivity contribution in [3.05, 3.63) is 82.9 Å². The standard InChI is InChI=1S/C23H20ClNO4/c24-19-13-21-22(28-12-4-11-27-21)14-20(19)25-23(26)17-7-9-18(10-8-17)29-15-16-5-2-1-3-6-16/h1-3,5-10,13-14H,4,11-12,15H2,(H,25,26). The van der Waals surface area contributed by atoms with E-state index in [4.69, 9.17) is 25.8 Å². The van der Waals surface area contributed by atoms with Crippen molar-refractivity contribution < 1.29 is 19.0 Å². The van der Waals surface area contributed by atoms with E-state index in [1.165, 1.54) is 0 Å². The molecule has 0 saturated heterocycles. The van der Waals surface area contributed by atoms with Gasteiger partial charge in [0.05, 0.1) is 23.9 Å². The van der Waals surface area contributed by atoms with E-state index in [1.54, 1.807) is 36.4 Å². The van der Waals surface area contributed by atoms with E-state index in [0.29, 0.717) is 53.3 Å². The van der Waals surface area contributed by atoms with E-state index in [0.717, 1.165) is 12.0 Å². The SMILES string of the molecule is O=C(Nc1cc2c(cc1Cl)OCCCO2)c1ccc(OCc2ccccc2)cc1. The fourth-order valence-electron chi connectivity index (χ4n) is 2.92. The third kappa shape index (κ3) is 4.81. The number of ether oxygens (including phenoxy) is 3. The fraction of sp³-hybridized carbons (Fsp3) is 0.174. The fourth-order valence-corrected chi connectivity index (χ4v) is 3.12. The smallest absolute Gasteiger partial charge is 0.255 e. The van der Waals surface area contributed by atoms with Gasteiger partial charge in [-0.15, -0.1) is 0 Å². The number of hydrogen-bond acceptors (Lipinski definition) is 4. The molecule has 4 rings (SSSR count). The minimum Gasteiger partial charge on any atom is -0.490 e. The molecule has 3 aromatic rings. The summed E-state index contributed by atoms with van der Waals surface area (Å²) in [5.41, 5.74) is 2.06. The lowest BCUT2D eigenvalue weighted by molar-refractivity contribution is 0.102. The second-order valence-corrected chi connectivity index (χ2v) is 6.99. The minimum absolute atomic E-state index is 0.268. The third-order valence-electron chi connectivity index (χ3n) is 4.45. The van der Waals surface area contributed by atoms with E-state index in [9.17, 15) is 4.79 Å². The van der Waals surface area contributed by atoms with Crippen LogP contribution < -0.4 is 19.5 Å². The molecule has 29 heavy (non-hydrogen) atoms. The molecular weight excluding hydrogens is 390 g/mol. The normalized spacial score (nSPS) is 12.7. The maximum Gasteiger partial charge on any atom is 0.255 e. The average molecular weight is 410 g/mol. The molecule has 0 spiro atoms. The van der Waals surface area contributed by atoms with Crippen LogP contribution in [0.4, 0.5) is 5.69 Å². The molecule has 0 radical (unpaired) electrons. The number of anilines is 1. The van der Waals surface area contributed by atoms with Crippen molar-refractivity contribution in [1.82, 2.24) is 0 Å². The van der Waals surface area contributed by atoms with Gasteiger partial charge in [-0.3, -0.25) is 4.79 Å². The molecule has 3 aromatic carbocycles. The number of amides is 1. The molecule has 0 unspecified atom stereocenters. The molecule has 0 aliphatic carbocycles. The van der Waals surface area contributed by atoms with Gasteiger partial charge in [0, 0.05) is 24.1 Å². The van der Waals surface area contributed by atoms with Crippen molar-refractivity contribution in [1.29, 1.82) is 0 Å². The molecule has 1 amide bonds. The molecule has 148 valence electrons. The molecule has 1 heterocycles. The largest absolute Gasteiger partial charge is 0.490 e. The zero-order chi connectivity index (χ0) is 20.1. The van der Waals surface area contributed by atoms with Crippen LogP contribution in [0.5, 0.6) is 17.2 Å². The van der Waals surface area contributed by atoms with Crippen LogP contribution in [0.25, 0.3) is 0 Å². The van der Waals surface area contributed by atoms with Crippen LogP contribution in [0.1, 0.15) is 22.3 Å². The quantitative estimate of drug-likeness (QED) is 0.618. The number of carbonyl (C=O) groups is 1. The second-order valence-electron chi connectivity index (χ2n) is 6.58. The number of carbonyl (C=O) groups excluding carboxylic acids is 1. The molecule has 1 aliphatic rings. The van der Waals surface area contributed by atoms with Gasteiger partial charge >= 0.3 is 0 Å². The summed E-state index contributed by atoms with van der Waals surface area (Å²) in [6, 6.07) is 20.2. The Hall–Kier alpha value is -3.18. The second kappa shape index (κ2) is 8.88. The van der Waals surface area contributed by atoms with Gasteiger partial charge in [-0.2, -0.15) is 0 Å². The first-order valence-electron chi connectivity index (χ1n) is 9.36. The molecule has 1 aliphatic heterocycles. The first kappa shape index (κ1) is 19.2. The molecular formula is C23H20ClNO4. The number of nitrogens with one attached hydrogen (secondary N) is 1. The highest BCUT2D eigenvalue weighted by molar-refractivity contribution is 6.34. The summed E-state index contributed by atoms with van der Waals surface area (Å²) in [6.45, 7) is 1.61. The van der Waals surface area contributed by atoms with Gasteiger partial charge in [0.15, 0.2) is 11.5 Å². The predicted molar refractivity (Wildman–Crippen MR) is 112 cm³/mol. The molecule has 0 aromatic heterocycles. The average Bonchev–Trinajstić information content (AvgIpc) is 2.98. The maximum atomic E-state index is 12.6. The lowest BCUT2D eigenvalue weighted by atomic mass is 10.2. The van der Waals surface area contributed by atoms with Crippen molar-refractivity contribution in [3.8, 4) is 17.2 Å². The number of fused-ring (bicyclic) bond motifs is 1. The van der Waals surface area contributed by atoms with Crippen molar-refractivity contribution in [2.75, 3.05) is 18.5 Å². The Bertz CT molecular complexity index is 990. The molecule has 0 atom stereocenters. The highest BCUT2D eigenvalue weighted by Gasteiger charge is 2.16. The van der Waals surface area contributed by atoms with Crippen molar-refractivity contribution in [3.63, 3.8) is 0 Å². The van der Waals surface area contributed by atoms with E-state index in [2.05, 4.69) is 5.32 Å². The van der Waals surface area contributed by atoms with Gasteiger partial charge in [-0.05, 0) is 29.8 Å². The summed E-state index contributed by atoms with van der Waals surface area (Å²) in [5, 5.41) is 3.22. The summed E-state index contributed by atoms with van der Waals surface area (Å²) >= 11 is 6.30. The van der Waals surface area contributed by atoms with Crippen molar-refractivity contribution in [2.24, 2.45) is 0 Å². The van der Waals surface area contributed by atoms with E-state index in [1.807, 2.05) is 30.3 Å². The van der Waals surface area contributed by atoms with Gasteiger partial charge in [0.2, 0.25) is 0 Å². The van der Waals surface area contributed by atoms with Gasteiger partial charge in [0.25, 0.3) is 5.91 Å². The van der Waals surface area contributed by atoms with E-state index < -0.39 is 0 Å². The Labute approximate surface area is 174 Å². The summed E-state index contributed by atoms with van der Waals surface area (Å²) in [7, 11) is 0. The zero-order valence-electron chi connectivity index (χ0n) is 15.7. The van der Waals surface area contributed by atoms with Crippen LogP contribution in [0, 0.1) is 0 Å². The molecule has 6 heteroatoms. The maximum absolute atomic E-state index is 12.6. The third-order valence-corrected chi connectivity index (χ3v) is 4.76. The Balaban J connectivity index is 1.41. The van der Waals surface area contributed by atoms with Crippen LogP contribution in [-0.2, 0) is 6.61 Å². The lowest BCUT2D eigenvalue weighted by Gasteiger charge is -2.13. The van der Waals surface area contributed by atoms with Crippen LogP contribution >= 0.6 is 11.6 Å². The predicted octanol–water partition coefficient (Wildman–Crippen LogP) is 5.33. The Morgan fingerprint density at radius 1 is 0.966 bits per heavy atom. The molecule has 0 fully saturated rings. The summed E-state index contributed by atoms with van der Waals surface area (Å²) in [6.07, 6.45) is 0.798. The first-order valence-corrected chi connectivity index (χ1v) is 9.74. The van der Waals surface area contributed by atoms with Crippen LogP contribution in [0.2, 0.25) is 5.02 Å². The highest BCUT2D eigenvalue weighted by atomic mass is 35.5. The summed E-state index contributed by atoms with van der Waals surface area (Å²) in [5.74, 6) is 1.59. The number of benzene rings is 3. The van der Waals surface area contributed by atoms with Crippen LogP contribution in [0.15, 0.2) is 66.7 Å². The lowest BCUT2D eigenvalue weighted by Crippen LogP contribution is -2.12. The number of hydrogen-bond donors (Lipinski definition) is 1. The van der Waals surface area contributed by atoms with Crippen LogP contribution in [-0.4, -0.2) is 19.1 Å². The van der Waals surface area contributed by atoms with Crippen molar-refractivity contribution >= 4 is 23.2 Å². The molecule has 0 saturated carbocycles. The van der Waals surface area contributed by atoms with Gasteiger partial charge in [-0.25, -0.2) is 0 Å². The number of rotatable bonds is 5. The van der Waals surface area contributed by atoms with E-state index >= 15 is 0 Å². The Morgan fingerprint density at radius 3 is 2.38 bits per heavy atom. The summed E-state index contributed by atoms with van der Waals surface area (Å²) < 4.78 is 17.0.